The highest BCUT2D eigenvalue weighted by Crippen LogP contribution is 2.22. The van der Waals surface area contributed by atoms with Gasteiger partial charge in [0.25, 0.3) is 5.91 Å². The number of hydrogen-bond acceptors (Lipinski definition) is 4. The maximum absolute atomic E-state index is 14.3. The topological polar surface area (TPSA) is 60.7 Å². The molecule has 8 heteroatoms. The number of esters is 1. The average Bonchev–Trinajstić information content (AvgIpc) is 2.92. The second-order valence-electron chi connectivity index (χ2n) is 5.51. The van der Waals surface area contributed by atoms with Gasteiger partial charge in [-0.25, -0.2) is 8.78 Å². The first kappa shape index (κ1) is 17.9. The summed E-state index contributed by atoms with van der Waals surface area (Å²) in [5.74, 6) is -2.77. The van der Waals surface area contributed by atoms with E-state index in [4.69, 9.17) is 0 Å². The number of amides is 1. The fourth-order valence-corrected chi connectivity index (χ4v) is 3.58. The molecule has 5 nitrogen and oxygen atoms in total. The molecule has 0 N–H and O–H groups in total. The summed E-state index contributed by atoms with van der Waals surface area (Å²) >= 11 is 0.921. The molecule has 1 aromatic heterocycles. The Hall–Kier alpha value is -2.87. The van der Waals surface area contributed by atoms with Crippen molar-refractivity contribution in [3.63, 3.8) is 0 Å². The van der Waals surface area contributed by atoms with Crippen molar-refractivity contribution in [2.75, 3.05) is 7.11 Å². The summed E-state index contributed by atoms with van der Waals surface area (Å²) in [5, 5.41) is 0. The molecule has 0 aliphatic carbocycles. The van der Waals surface area contributed by atoms with Gasteiger partial charge in [0.1, 0.15) is 12.4 Å². The molecule has 0 aliphatic heterocycles. The predicted molar refractivity (Wildman–Crippen MR) is 92.8 cm³/mol. The van der Waals surface area contributed by atoms with Gasteiger partial charge in [0.15, 0.2) is 10.6 Å². The third-order valence-corrected chi connectivity index (χ3v) is 4.81. The van der Waals surface area contributed by atoms with Crippen LogP contribution in [-0.4, -0.2) is 23.6 Å². The van der Waals surface area contributed by atoms with Gasteiger partial charge in [-0.3, -0.25) is 9.59 Å². The smallest absolute Gasteiger partial charge is 0.325 e. The number of hydrogen-bond donors (Lipinski definition) is 0. The second kappa shape index (κ2) is 7.17. The van der Waals surface area contributed by atoms with Crippen molar-refractivity contribution in [1.82, 2.24) is 4.57 Å². The largest absolute Gasteiger partial charge is 0.468 e. The van der Waals surface area contributed by atoms with Crippen LogP contribution in [0.3, 0.4) is 0 Å². The molecule has 1 amide bonds. The molecule has 0 spiro atoms. The zero-order valence-electron chi connectivity index (χ0n) is 14.0. The fraction of sp³-hybridized carbons (Fsp3) is 0.167. The first-order valence-corrected chi connectivity index (χ1v) is 8.42. The van der Waals surface area contributed by atoms with Crippen LogP contribution in [0.5, 0.6) is 0 Å². The minimum atomic E-state index is -0.843. The number of rotatable bonds is 3. The molecule has 3 aromatic rings. The third kappa shape index (κ3) is 3.41. The SMILES string of the molecule is COC(=O)Cn1c(=NC(=O)c2ccccc2C)sc2cc(F)cc(F)c21. The van der Waals surface area contributed by atoms with E-state index in [1.807, 2.05) is 0 Å². The van der Waals surface area contributed by atoms with E-state index in [1.54, 1.807) is 31.2 Å². The van der Waals surface area contributed by atoms with Gasteiger partial charge in [-0.05, 0) is 24.6 Å². The minimum absolute atomic E-state index is 0.00173. The highest BCUT2D eigenvalue weighted by molar-refractivity contribution is 7.16. The van der Waals surface area contributed by atoms with Crippen molar-refractivity contribution in [2.45, 2.75) is 13.5 Å². The summed E-state index contributed by atoms with van der Waals surface area (Å²) in [7, 11) is 1.20. The van der Waals surface area contributed by atoms with Crippen LogP contribution in [0.25, 0.3) is 10.2 Å². The summed E-state index contributed by atoms with van der Waals surface area (Å²) in [6.45, 7) is 1.42. The van der Waals surface area contributed by atoms with Crippen LogP contribution in [0.2, 0.25) is 0 Å². The van der Waals surface area contributed by atoms with E-state index in [1.165, 1.54) is 11.7 Å². The number of carbonyl (C=O) groups is 2. The van der Waals surface area contributed by atoms with Gasteiger partial charge in [-0.15, -0.1) is 0 Å². The Kier molecular flexibility index (Phi) is 4.94. The van der Waals surface area contributed by atoms with Crippen LogP contribution in [0.1, 0.15) is 15.9 Å². The highest BCUT2D eigenvalue weighted by atomic mass is 32.1. The molecular formula is C18H14F2N2O3S. The third-order valence-electron chi connectivity index (χ3n) is 3.78. The Bertz CT molecular complexity index is 1090. The first-order chi connectivity index (χ1) is 12.4. The van der Waals surface area contributed by atoms with Crippen LogP contribution in [0.4, 0.5) is 8.78 Å². The Morgan fingerprint density at radius 2 is 1.96 bits per heavy atom. The maximum Gasteiger partial charge on any atom is 0.325 e. The Morgan fingerprint density at radius 3 is 2.65 bits per heavy atom. The van der Waals surface area contributed by atoms with E-state index in [-0.39, 0.29) is 21.6 Å². The van der Waals surface area contributed by atoms with Crippen LogP contribution in [0, 0.1) is 18.6 Å². The summed E-state index contributed by atoms with van der Waals surface area (Å²) in [6.07, 6.45) is 0. The van der Waals surface area contributed by atoms with Crippen molar-refractivity contribution in [3.05, 3.63) is 64.0 Å². The summed E-state index contributed by atoms with van der Waals surface area (Å²) in [5.41, 5.74) is 1.12. The van der Waals surface area contributed by atoms with Crippen LogP contribution in [0.15, 0.2) is 41.4 Å². The number of aromatic nitrogens is 1. The lowest BCUT2D eigenvalue weighted by atomic mass is 10.1. The number of benzene rings is 2. The highest BCUT2D eigenvalue weighted by Gasteiger charge is 2.17. The number of aryl methyl sites for hydroxylation is 1. The van der Waals surface area contributed by atoms with E-state index in [2.05, 4.69) is 9.73 Å². The molecule has 1 heterocycles. The number of ether oxygens (including phenoxy) is 1. The van der Waals surface area contributed by atoms with Crippen molar-refractivity contribution < 1.29 is 23.1 Å². The van der Waals surface area contributed by atoms with Crippen LogP contribution < -0.4 is 4.80 Å². The second-order valence-corrected chi connectivity index (χ2v) is 6.52. The molecule has 0 unspecified atom stereocenters. The van der Waals surface area contributed by atoms with E-state index < -0.39 is 23.5 Å². The monoisotopic (exact) mass is 376 g/mol. The molecular weight excluding hydrogens is 362 g/mol. The van der Waals surface area contributed by atoms with Gasteiger partial charge in [-0.2, -0.15) is 4.99 Å². The Labute approximate surface area is 151 Å². The summed E-state index contributed by atoms with van der Waals surface area (Å²) in [6, 6.07) is 8.74. The lowest BCUT2D eigenvalue weighted by Gasteiger charge is -2.05. The van der Waals surface area contributed by atoms with Gasteiger partial charge in [0.2, 0.25) is 0 Å². The molecule has 0 fully saturated rings. The fourth-order valence-electron chi connectivity index (χ4n) is 2.51. The molecule has 2 aromatic carbocycles. The van der Waals surface area contributed by atoms with Gasteiger partial charge in [0.05, 0.1) is 17.3 Å². The number of methoxy groups -OCH3 is 1. The van der Waals surface area contributed by atoms with Crippen LogP contribution >= 0.6 is 11.3 Å². The zero-order valence-corrected chi connectivity index (χ0v) is 14.8. The number of carbonyl (C=O) groups excluding carboxylic acids is 2. The molecule has 0 saturated carbocycles. The summed E-state index contributed by atoms with van der Waals surface area (Å²) < 4.78 is 33.9. The number of halogens is 2. The Morgan fingerprint density at radius 1 is 1.23 bits per heavy atom. The van der Waals surface area contributed by atoms with E-state index in [0.29, 0.717) is 5.56 Å². The van der Waals surface area contributed by atoms with Gasteiger partial charge < -0.3 is 9.30 Å². The normalized spacial score (nSPS) is 11.8. The summed E-state index contributed by atoms with van der Waals surface area (Å²) in [4.78, 5) is 28.3. The quantitative estimate of drug-likeness (QED) is 0.660. The van der Waals surface area contributed by atoms with Gasteiger partial charge in [0, 0.05) is 11.6 Å². The molecule has 26 heavy (non-hydrogen) atoms. The molecule has 0 atom stereocenters. The number of fused-ring (bicyclic) bond motifs is 1. The average molecular weight is 376 g/mol. The Balaban J connectivity index is 2.22. The van der Waals surface area contributed by atoms with Crippen molar-refractivity contribution in [2.24, 2.45) is 4.99 Å². The predicted octanol–water partition coefficient (Wildman–Crippen LogP) is 3.20. The number of nitrogens with zero attached hydrogens (tertiary/aromatic N) is 2. The minimum Gasteiger partial charge on any atom is -0.468 e. The van der Waals surface area contributed by atoms with Gasteiger partial charge in [-0.1, -0.05) is 29.5 Å². The van der Waals surface area contributed by atoms with E-state index >= 15 is 0 Å². The molecule has 134 valence electrons. The van der Waals surface area contributed by atoms with E-state index in [9.17, 15) is 18.4 Å². The standard InChI is InChI=1S/C18H14F2N2O3S/c1-10-5-3-4-6-12(10)17(24)21-18-22(9-15(23)25-2)16-13(20)7-11(19)8-14(16)26-18/h3-8H,9H2,1-2H3. The van der Waals surface area contributed by atoms with E-state index in [0.717, 1.165) is 29.0 Å². The zero-order chi connectivity index (χ0) is 18.8. The van der Waals surface area contributed by atoms with Crippen molar-refractivity contribution in [3.8, 4) is 0 Å². The number of thiazole rings is 1. The molecule has 0 bridgehead atoms. The van der Waals surface area contributed by atoms with Gasteiger partial charge >= 0.3 is 5.97 Å². The first-order valence-electron chi connectivity index (χ1n) is 7.60. The maximum atomic E-state index is 14.3. The molecule has 3 rings (SSSR count). The van der Waals surface area contributed by atoms with Crippen molar-refractivity contribution >= 4 is 33.4 Å². The van der Waals surface area contributed by atoms with Crippen LogP contribution in [-0.2, 0) is 16.1 Å². The lowest BCUT2D eigenvalue weighted by Crippen LogP contribution is -2.23. The van der Waals surface area contributed by atoms with Crippen molar-refractivity contribution in [1.29, 1.82) is 0 Å². The lowest BCUT2D eigenvalue weighted by molar-refractivity contribution is -0.141. The molecule has 0 radical (unpaired) electrons. The molecule has 0 aliphatic rings. The molecule has 0 saturated heterocycles.